The molecule has 0 fully saturated rings. The molecule has 25 heavy (non-hydrogen) atoms. The van der Waals surface area contributed by atoms with Gasteiger partial charge in [0.05, 0.1) is 11.5 Å². The lowest BCUT2D eigenvalue weighted by molar-refractivity contribution is 0.591. The summed E-state index contributed by atoms with van der Waals surface area (Å²) in [5, 5.41) is 8.47. The van der Waals surface area contributed by atoms with E-state index in [-0.39, 0.29) is 11.5 Å². The lowest BCUT2D eigenvalue weighted by Gasteiger charge is -2.11. The molecule has 5 nitrogen and oxygen atoms in total. The van der Waals surface area contributed by atoms with Crippen LogP contribution in [0, 0.1) is 0 Å². The van der Waals surface area contributed by atoms with Crippen molar-refractivity contribution in [2.45, 2.75) is 18.6 Å². The zero-order valence-electron chi connectivity index (χ0n) is 14.4. The van der Waals surface area contributed by atoms with Gasteiger partial charge in [0.25, 0.3) is 0 Å². The van der Waals surface area contributed by atoms with E-state index >= 15 is 0 Å². The van der Waals surface area contributed by atoms with Crippen LogP contribution in [0.3, 0.4) is 0 Å². The van der Waals surface area contributed by atoms with E-state index in [9.17, 15) is 8.42 Å². The van der Waals surface area contributed by atoms with Crippen LogP contribution in [0.1, 0.15) is 16.9 Å². The number of aliphatic imine (C=N–C) groups is 1. The number of sulfone groups is 1. The van der Waals surface area contributed by atoms with Gasteiger partial charge in [-0.1, -0.05) is 36.4 Å². The molecule has 0 aliphatic rings. The van der Waals surface area contributed by atoms with Gasteiger partial charge in [0.15, 0.2) is 15.8 Å². The first-order chi connectivity index (χ1) is 12.1. The maximum absolute atomic E-state index is 12.1. The second-order valence-corrected chi connectivity index (χ2v) is 8.90. The minimum atomic E-state index is -3.08. The van der Waals surface area contributed by atoms with Crippen LogP contribution in [0.2, 0.25) is 0 Å². The SMILES string of the molecule is CN=C(NCCCS(=O)(=O)Cc1ccccc1)NCCc1cccs1. The van der Waals surface area contributed by atoms with Gasteiger partial charge in [-0.25, -0.2) is 8.42 Å². The molecular formula is C18H25N3O2S2. The highest BCUT2D eigenvalue weighted by Gasteiger charge is 2.11. The quantitative estimate of drug-likeness (QED) is 0.399. The third kappa shape index (κ3) is 7.70. The Balaban J connectivity index is 1.64. The number of thiophene rings is 1. The van der Waals surface area contributed by atoms with Crippen LogP contribution in [0.5, 0.6) is 0 Å². The van der Waals surface area contributed by atoms with Crippen molar-refractivity contribution in [2.24, 2.45) is 4.99 Å². The van der Waals surface area contributed by atoms with Crippen LogP contribution in [0.15, 0.2) is 52.8 Å². The smallest absolute Gasteiger partial charge is 0.190 e. The molecule has 2 N–H and O–H groups in total. The number of benzene rings is 1. The average molecular weight is 380 g/mol. The monoisotopic (exact) mass is 379 g/mol. The van der Waals surface area contributed by atoms with Crippen molar-refractivity contribution < 1.29 is 8.42 Å². The second kappa shape index (κ2) is 10.2. The van der Waals surface area contributed by atoms with Crippen molar-refractivity contribution >= 4 is 27.1 Å². The second-order valence-electron chi connectivity index (χ2n) is 5.69. The third-order valence-electron chi connectivity index (χ3n) is 3.62. The van der Waals surface area contributed by atoms with Crippen LogP contribution >= 0.6 is 11.3 Å². The molecule has 1 aromatic carbocycles. The van der Waals surface area contributed by atoms with E-state index in [0.717, 1.165) is 18.5 Å². The molecule has 1 aromatic heterocycles. The predicted molar refractivity (Wildman–Crippen MR) is 106 cm³/mol. The lowest BCUT2D eigenvalue weighted by atomic mass is 10.2. The summed E-state index contributed by atoms with van der Waals surface area (Å²) in [4.78, 5) is 5.49. The van der Waals surface area contributed by atoms with E-state index in [1.165, 1.54) is 4.88 Å². The summed E-state index contributed by atoms with van der Waals surface area (Å²) < 4.78 is 24.3. The number of nitrogens with one attached hydrogen (secondary N) is 2. The summed E-state index contributed by atoms with van der Waals surface area (Å²) in [6, 6.07) is 13.4. The average Bonchev–Trinajstić information content (AvgIpc) is 3.11. The number of nitrogens with zero attached hydrogens (tertiary/aromatic N) is 1. The molecule has 0 radical (unpaired) electrons. The van der Waals surface area contributed by atoms with Crippen LogP contribution in [0.25, 0.3) is 0 Å². The van der Waals surface area contributed by atoms with Gasteiger partial charge in [0.2, 0.25) is 0 Å². The van der Waals surface area contributed by atoms with Gasteiger partial charge in [0.1, 0.15) is 0 Å². The van der Waals surface area contributed by atoms with E-state index in [1.807, 2.05) is 36.4 Å². The molecule has 0 atom stereocenters. The van der Waals surface area contributed by atoms with E-state index in [1.54, 1.807) is 18.4 Å². The number of hydrogen-bond acceptors (Lipinski definition) is 4. The lowest BCUT2D eigenvalue weighted by Crippen LogP contribution is -2.39. The summed E-state index contributed by atoms with van der Waals surface area (Å²) in [6.45, 7) is 1.37. The minimum absolute atomic E-state index is 0.0988. The molecule has 0 aliphatic carbocycles. The Hall–Kier alpha value is -1.86. The first-order valence-corrected chi connectivity index (χ1v) is 11.0. The van der Waals surface area contributed by atoms with Crippen molar-refractivity contribution in [1.29, 1.82) is 0 Å². The van der Waals surface area contributed by atoms with E-state index in [2.05, 4.69) is 27.1 Å². The third-order valence-corrected chi connectivity index (χ3v) is 6.24. The van der Waals surface area contributed by atoms with Crippen molar-refractivity contribution in [2.75, 3.05) is 25.9 Å². The molecule has 0 spiro atoms. The maximum Gasteiger partial charge on any atom is 0.190 e. The zero-order chi connectivity index (χ0) is 18.0. The topological polar surface area (TPSA) is 70.6 Å². The number of rotatable bonds is 9. The molecule has 0 saturated carbocycles. The summed E-state index contributed by atoms with van der Waals surface area (Å²) in [6.07, 6.45) is 1.50. The zero-order valence-corrected chi connectivity index (χ0v) is 16.1. The standard InChI is InChI=1S/C18H25N3O2S2/c1-19-18(21-12-10-17-9-5-13-24-17)20-11-6-14-25(22,23)15-16-7-3-2-4-8-16/h2-5,7-9,13H,6,10-12,14-15H2,1H3,(H2,19,20,21). The van der Waals surface area contributed by atoms with Gasteiger partial charge < -0.3 is 10.6 Å². The van der Waals surface area contributed by atoms with Crippen LogP contribution in [-0.2, 0) is 22.0 Å². The molecule has 0 bridgehead atoms. The highest BCUT2D eigenvalue weighted by Crippen LogP contribution is 2.08. The number of hydrogen-bond donors (Lipinski definition) is 2. The van der Waals surface area contributed by atoms with E-state index < -0.39 is 9.84 Å². The first-order valence-electron chi connectivity index (χ1n) is 8.30. The Kier molecular flexibility index (Phi) is 7.94. The molecule has 2 rings (SSSR count). The Bertz CT molecular complexity index is 742. The van der Waals surface area contributed by atoms with Crippen molar-refractivity contribution in [1.82, 2.24) is 10.6 Å². The molecule has 136 valence electrons. The van der Waals surface area contributed by atoms with Gasteiger partial charge in [-0.05, 0) is 29.9 Å². The molecule has 7 heteroatoms. The Morgan fingerprint density at radius 3 is 2.52 bits per heavy atom. The van der Waals surface area contributed by atoms with E-state index in [4.69, 9.17) is 0 Å². The summed E-state index contributed by atoms with van der Waals surface area (Å²) in [7, 11) is -1.37. The Morgan fingerprint density at radius 2 is 1.84 bits per heavy atom. The first kappa shape index (κ1) is 19.5. The Labute approximate surface area is 154 Å². The number of guanidine groups is 1. The Morgan fingerprint density at radius 1 is 1.08 bits per heavy atom. The molecule has 0 aliphatic heterocycles. The maximum atomic E-state index is 12.1. The predicted octanol–water partition coefficient (Wildman–Crippen LogP) is 2.46. The van der Waals surface area contributed by atoms with Crippen molar-refractivity contribution in [3.8, 4) is 0 Å². The fourth-order valence-electron chi connectivity index (χ4n) is 2.38. The molecule has 1 heterocycles. The summed E-state index contributed by atoms with van der Waals surface area (Å²) in [5.74, 6) is 0.972. The highest BCUT2D eigenvalue weighted by molar-refractivity contribution is 7.90. The largest absolute Gasteiger partial charge is 0.356 e. The molecule has 0 saturated heterocycles. The van der Waals surface area contributed by atoms with Crippen LogP contribution < -0.4 is 10.6 Å². The normalized spacial score (nSPS) is 12.1. The van der Waals surface area contributed by atoms with E-state index in [0.29, 0.717) is 18.9 Å². The fraction of sp³-hybridized carbons (Fsp3) is 0.389. The van der Waals surface area contributed by atoms with Crippen LogP contribution in [0.4, 0.5) is 0 Å². The summed E-state index contributed by atoms with van der Waals surface area (Å²) >= 11 is 1.74. The molecule has 0 unspecified atom stereocenters. The molecule has 2 aromatic rings. The van der Waals surface area contributed by atoms with Crippen molar-refractivity contribution in [3.63, 3.8) is 0 Å². The fourth-order valence-corrected chi connectivity index (χ4v) is 4.52. The minimum Gasteiger partial charge on any atom is -0.356 e. The summed E-state index contributed by atoms with van der Waals surface area (Å²) in [5.41, 5.74) is 0.835. The molecule has 0 amide bonds. The highest BCUT2D eigenvalue weighted by atomic mass is 32.2. The van der Waals surface area contributed by atoms with Gasteiger partial charge in [-0.15, -0.1) is 11.3 Å². The molecular weight excluding hydrogens is 354 g/mol. The van der Waals surface area contributed by atoms with Crippen LogP contribution in [-0.4, -0.2) is 40.3 Å². The van der Waals surface area contributed by atoms with Crippen molar-refractivity contribution in [3.05, 3.63) is 58.3 Å². The van der Waals surface area contributed by atoms with Gasteiger partial charge in [0, 0.05) is 25.0 Å². The van der Waals surface area contributed by atoms with Gasteiger partial charge in [-0.3, -0.25) is 4.99 Å². The van der Waals surface area contributed by atoms with Gasteiger partial charge >= 0.3 is 0 Å². The van der Waals surface area contributed by atoms with Gasteiger partial charge in [-0.2, -0.15) is 0 Å².